The molecular weight excluding hydrogens is 422 g/mol. The summed E-state index contributed by atoms with van der Waals surface area (Å²) in [6, 6.07) is 15.1. The molecule has 5 rings (SSSR count). The maximum Gasteiger partial charge on any atom is 0.296 e. The van der Waals surface area contributed by atoms with E-state index in [0.29, 0.717) is 29.1 Å². The number of hydrogen-bond acceptors (Lipinski definition) is 6. The van der Waals surface area contributed by atoms with E-state index in [1.165, 1.54) is 11.2 Å². The Morgan fingerprint density at radius 2 is 1.94 bits per heavy atom. The van der Waals surface area contributed by atoms with Crippen LogP contribution < -0.4 is 9.47 Å². The highest BCUT2D eigenvalue weighted by atomic mass is 16.5. The fourth-order valence-corrected chi connectivity index (χ4v) is 4.47. The molecule has 0 spiro atoms. The maximum atomic E-state index is 13.2. The smallest absolute Gasteiger partial charge is 0.296 e. The number of aliphatic hydroxyl groups excluding tert-OH is 1. The van der Waals surface area contributed by atoms with Crippen molar-refractivity contribution in [2.45, 2.75) is 32.0 Å². The van der Waals surface area contributed by atoms with Gasteiger partial charge in [0.1, 0.15) is 29.1 Å². The number of furan rings is 1. The van der Waals surface area contributed by atoms with Crippen molar-refractivity contribution < 1.29 is 28.6 Å². The normalized spacial score (nSPS) is 21.2. The van der Waals surface area contributed by atoms with Gasteiger partial charge in [-0.15, -0.1) is 0 Å². The number of ether oxygens (including phenoxy) is 2. The van der Waals surface area contributed by atoms with Crippen molar-refractivity contribution in [3.63, 3.8) is 0 Å². The molecule has 1 amide bonds. The fourth-order valence-electron chi connectivity index (χ4n) is 4.47. The summed E-state index contributed by atoms with van der Waals surface area (Å²) in [5, 5.41) is 11.3. The van der Waals surface area contributed by atoms with Gasteiger partial charge in [0.15, 0.2) is 0 Å². The second kappa shape index (κ2) is 8.16. The number of hydrogen-bond donors (Lipinski definition) is 1. The molecule has 2 atom stereocenters. The van der Waals surface area contributed by atoms with Gasteiger partial charge in [-0.1, -0.05) is 12.1 Å². The first-order valence-electron chi connectivity index (χ1n) is 10.7. The Morgan fingerprint density at radius 3 is 2.64 bits per heavy atom. The number of aliphatic hydroxyl groups is 1. The number of ketones is 1. The predicted molar refractivity (Wildman–Crippen MR) is 120 cm³/mol. The summed E-state index contributed by atoms with van der Waals surface area (Å²) in [5.74, 6) is 0.327. The molecule has 0 radical (unpaired) electrons. The molecule has 1 N–H and O–H groups in total. The van der Waals surface area contributed by atoms with Crippen molar-refractivity contribution in [3.05, 3.63) is 88.9 Å². The summed E-state index contributed by atoms with van der Waals surface area (Å²) >= 11 is 0. The summed E-state index contributed by atoms with van der Waals surface area (Å²) in [7, 11) is 1.57. The second-order valence-corrected chi connectivity index (χ2v) is 8.23. The van der Waals surface area contributed by atoms with Crippen molar-refractivity contribution >= 4 is 17.4 Å². The van der Waals surface area contributed by atoms with Crippen LogP contribution in [-0.2, 0) is 22.6 Å². The van der Waals surface area contributed by atoms with Gasteiger partial charge >= 0.3 is 0 Å². The molecule has 7 heteroatoms. The van der Waals surface area contributed by atoms with Gasteiger partial charge in [0.25, 0.3) is 11.7 Å². The molecule has 2 aromatic carbocycles. The van der Waals surface area contributed by atoms with E-state index in [-0.39, 0.29) is 24.0 Å². The minimum absolute atomic E-state index is 0.0450. The monoisotopic (exact) mass is 445 g/mol. The largest absolute Gasteiger partial charge is 0.507 e. The summed E-state index contributed by atoms with van der Waals surface area (Å²) in [6.07, 6.45) is 2.28. The Hall–Kier alpha value is -4.00. The van der Waals surface area contributed by atoms with Gasteiger partial charge in [0.05, 0.1) is 31.5 Å². The van der Waals surface area contributed by atoms with Crippen LogP contribution >= 0.6 is 0 Å². The van der Waals surface area contributed by atoms with Crippen LogP contribution in [0.3, 0.4) is 0 Å². The lowest BCUT2D eigenvalue weighted by Gasteiger charge is -2.24. The zero-order valence-electron chi connectivity index (χ0n) is 18.3. The number of amides is 1. The number of nitrogens with zero attached hydrogens (tertiary/aromatic N) is 1. The predicted octanol–water partition coefficient (Wildman–Crippen LogP) is 4.23. The van der Waals surface area contributed by atoms with Gasteiger partial charge in [0.2, 0.25) is 0 Å². The lowest BCUT2D eigenvalue weighted by Crippen LogP contribution is -2.29. The van der Waals surface area contributed by atoms with Crippen molar-refractivity contribution in [1.29, 1.82) is 0 Å². The first-order valence-corrected chi connectivity index (χ1v) is 10.7. The van der Waals surface area contributed by atoms with E-state index in [9.17, 15) is 14.7 Å². The van der Waals surface area contributed by atoms with Crippen LogP contribution in [0.25, 0.3) is 5.76 Å². The number of fused-ring (bicyclic) bond motifs is 1. The molecule has 0 bridgehead atoms. The van der Waals surface area contributed by atoms with Crippen molar-refractivity contribution in [3.8, 4) is 11.5 Å². The molecule has 168 valence electrons. The molecule has 3 heterocycles. The molecule has 1 saturated heterocycles. The highest BCUT2D eigenvalue weighted by Crippen LogP contribution is 2.41. The third-order valence-corrected chi connectivity index (χ3v) is 6.05. The first kappa shape index (κ1) is 20.9. The van der Waals surface area contributed by atoms with Gasteiger partial charge < -0.3 is 23.9 Å². The van der Waals surface area contributed by atoms with E-state index < -0.39 is 17.7 Å². The zero-order valence-corrected chi connectivity index (χ0v) is 18.3. The SMILES string of the molecule is COc1ccc([C@H]2C(=C(O)c3ccc4c(c3)C[C@H](C)O4)C(=O)C(=O)N2Cc2ccco2)cc1. The van der Waals surface area contributed by atoms with Crippen LogP contribution in [0.15, 0.2) is 70.9 Å². The van der Waals surface area contributed by atoms with Crippen LogP contribution in [0.5, 0.6) is 11.5 Å². The average molecular weight is 445 g/mol. The molecular formula is C26H23NO6. The van der Waals surface area contributed by atoms with Crippen LogP contribution in [0.4, 0.5) is 0 Å². The van der Waals surface area contributed by atoms with Crippen LogP contribution in [-0.4, -0.2) is 34.9 Å². The van der Waals surface area contributed by atoms with E-state index in [2.05, 4.69) is 0 Å². The fraction of sp³-hybridized carbons (Fsp3) is 0.231. The quantitative estimate of drug-likeness (QED) is 0.359. The highest BCUT2D eigenvalue weighted by Gasteiger charge is 2.46. The minimum Gasteiger partial charge on any atom is -0.507 e. The minimum atomic E-state index is -0.774. The summed E-state index contributed by atoms with van der Waals surface area (Å²) in [4.78, 5) is 27.6. The zero-order chi connectivity index (χ0) is 23.1. The Balaban J connectivity index is 1.62. The van der Waals surface area contributed by atoms with E-state index in [1.54, 1.807) is 55.6 Å². The average Bonchev–Trinajstić information content (AvgIpc) is 3.53. The maximum absolute atomic E-state index is 13.2. The third-order valence-electron chi connectivity index (χ3n) is 6.05. The van der Waals surface area contributed by atoms with Crippen LogP contribution in [0.1, 0.15) is 35.4 Å². The molecule has 0 unspecified atom stereocenters. The molecule has 3 aromatic rings. The highest BCUT2D eigenvalue weighted by molar-refractivity contribution is 6.46. The number of benzene rings is 2. The lowest BCUT2D eigenvalue weighted by molar-refractivity contribution is -0.140. The molecule has 0 aliphatic carbocycles. The summed E-state index contributed by atoms with van der Waals surface area (Å²) in [6.45, 7) is 2.07. The van der Waals surface area contributed by atoms with Crippen molar-refractivity contribution in [1.82, 2.24) is 4.90 Å². The molecule has 0 saturated carbocycles. The Kier molecular flexibility index (Phi) is 5.17. The molecule has 2 aliphatic rings. The Labute approximate surface area is 190 Å². The molecule has 1 aromatic heterocycles. The molecule has 33 heavy (non-hydrogen) atoms. The van der Waals surface area contributed by atoms with Crippen LogP contribution in [0.2, 0.25) is 0 Å². The number of carbonyl (C=O) groups excluding carboxylic acids is 2. The second-order valence-electron chi connectivity index (χ2n) is 8.23. The Morgan fingerprint density at radius 1 is 1.15 bits per heavy atom. The third kappa shape index (κ3) is 3.65. The molecule has 2 aliphatic heterocycles. The molecule has 7 nitrogen and oxygen atoms in total. The summed E-state index contributed by atoms with van der Waals surface area (Å²) in [5.41, 5.74) is 2.16. The standard InChI is InChI=1S/C26H23NO6/c1-15-12-18-13-17(7-10-21(18)33-15)24(28)22-23(16-5-8-19(31-2)9-6-16)27(26(30)25(22)29)14-20-4-3-11-32-20/h3-11,13,15,23,28H,12,14H2,1-2H3/t15-,23-/m0/s1. The number of methoxy groups -OCH3 is 1. The van der Waals surface area contributed by atoms with Crippen molar-refractivity contribution in [2.75, 3.05) is 7.11 Å². The van der Waals surface area contributed by atoms with Gasteiger partial charge in [-0.25, -0.2) is 0 Å². The van der Waals surface area contributed by atoms with Gasteiger partial charge in [-0.2, -0.15) is 0 Å². The van der Waals surface area contributed by atoms with Gasteiger partial charge in [-0.05, 0) is 60.5 Å². The number of Topliss-reactive ketones (excluding diaryl/α,β-unsaturated/α-hetero) is 1. The van der Waals surface area contributed by atoms with E-state index >= 15 is 0 Å². The topological polar surface area (TPSA) is 89.2 Å². The van der Waals surface area contributed by atoms with Gasteiger partial charge in [-0.3, -0.25) is 9.59 Å². The number of likely N-dealkylation sites (tertiary alicyclic amines) is 1. The lowest BCUT2D eigenvalue weighted by atomic mass is 9.94. The van der Waals surface area contributed by atoms with E-state index in [0.717, 1.165) is 11.3 Å². The number of rotatable bonds is 5. The van der Waals surface area contributed by atoms with E-state index in [1.807, 2.05) is 13.0 Å². The van der Waals surface area contributed by atoms with E-state index in [4.69, 9.17) is 13.9 Å². The van der Waals surface area contributed by atoms with Crippen LogP contribution in [0, 0.1) is 0 Å². The van der Waals surface area contributed by atoms with Crippen molar-refractivity contribution in [2.24, 2.45) is 0 Å². The van der Waals surface area contributed by atoms with Gasteiger partial charge in [0, 0.05) is 12.0 Å². The first-order chi connectivity index (χ1) is 16.0. The molecule has 1 fully saturated rings. The Bertz CT molecular complexity index is 1240. The number of carbonyl (C=O) groups is 2. The summed E-state index contributed by atoms with van der Waals surface area (Å²) < 4.78 is 16.4.